The van der Waals surface area contributed by atoms with Gasteiger partial charge in [0.1, 0.15) is 0 Å². The maximum absolute atomic E-state index is 5.29. The predicted molar refractivity (Wildman–Crippen MR) is 64.2 cm³/mol. The smallest absolute Gasteiger partial charge is 0.246 e. The van der Waals surface area contributed by atoms with Crippen molar-refractivity contribution in [3.63, 3.8) is 0 Å². The van der Waals surface area contributed by atoms with Crippen molar-refractivity contribution >= 4 is 0 Å². The minimum absolute atomic E-state index is 0.312. The number of aromatic nitrogens is 3. The molecule has 5 nitrogen and oxygen atoms in total. The first-order valence-corrected chi connectivity index (χ1v) is 5.63. The van der Waals surface area contributed by atoms with E-state index in [2.05, 4.69) is 20.4 Å². The van der Waals surface area contributed by atoms with Crippen LogP contribution in [0.1, 0.15) is 26.7 Å². The standard InChI is InChI=1S/C12H16N4O/c1-4-14-12(2,3)11-15-10(16-17-11)9-5-7-13-8-6-9/h5-8,14H,4H2,1-3H3. The fourth-order valence-corrected chi connectivity index (χ4v) is 1.61. The maximum Gasteiger partial charge on any atom is 0.246 e. The van der Waals surface area contributed by atoms with E-state index in [9.17, 15) is 0 Å². The minimum Gasteiger partial charge on any atom is -0.337 e. The van der Waals surface area contributed by atoms with Gasteiger partial charge in [0, 0.05) is 18.0 Å². The third kappa shape index (κ3) is 2.50. The first-order valence-electron chi connectivity index (χ1n) is 5.63. The number of nitrogens with one attached hydrogen (secondary N) is 1. The van der Waals surface area contributed by atoms with Gasteiger partial charge in [0.15, 0.2) is 0 Å². The van der Waals surface area contributed by atoms with Crippen molar-refractivity contribution < 1.29 is 4.52 Å². The molecule has 0 aliphatic heterocycles. The van der Waals surface area contributed by atoms with Gasteiger partial charge in [0.2, 0.25) is 11.7 Å². The number of nitrogens with zero attached hydrogens (tertiary/aromatic N) is 3. The lowest BCUT2D eigenvalue weighted by Crippen LogP contribution is -2.36. The average Bonchev–Trinajstić information content (AvgIpc) is 2.80. The molecule has 0 saturated heterocycles. The highest BCUT2D eigenvalue weighted by Gasteiger charge is 2.26. The largest absolute Gasteiger partial charge is 0.337 e. The Morgan fingerprint density at radius 3 is 2.65 bits per heavy atom. The highest BCUT2D eigenvalue weighted by Crippen LogP contribution is 2.21. The summed E-state index contributed by atoms with van der Waals surface area (Å²) in [4.78, 5) is 8.36. The van der Waals surface area contributed by atoms with Gasteiger partial charge < -0.3 is 9.84 Å². The Hall–Kier alpha value is -1.75. The van der Waals surface area contributed by atoms with Gasteiger partial charge >= 0.3 is 0 Å². The molecule has 0 atom stereocenters. The van der Waals surface area contributed by atoms with Crippen molar-refractivity contribution in [2.45, 2.75) is 26.3 Å². The van der Waals surface area contributed by atoms with E-state index in [0.29, 0.717) is 11.7 Å². The molecule has 2 rings (SSSR count). The Kier molecular flexibility index (Phi) is 3.19. The van der Waals surface area contributed by atoms with Crippen molar-refractivity contribution in [1.29, 1.82) is 0 Å². The van der Waals surface area contributed by atoms with E-state index in [-0.39, 0.29) is 5.54 Å². The third-order valence-corrected chi connectivity index (χ3v) is 2.52. The van der Waals surface area contributed by atoms with E-state index in [1.807, 2.05) is 32.9 Å². The highest BCUT2D eigenvalue weighted by molar-refractivity contribution is 5.52. The SMILES string of the molecule is CCNC(C)(C)c1nc(-c2ccncc2)no1. The van der Waals surface area contributed by atoms with Gasteiger partial charge in [0.25, 0.3) is 0 Å². The first kappa shape index (κ1) is 11.7. The predicted octanol–water partition coefficient (Wildman–Crippen LogP) is 1.98. The summed E-state index contributed by atoms with van der Waals surface area (Å²) < 4.78 is 5.29. The molecule has 0 unspecified atom stereocenters. The van der Waals surface area contributed by atoms with Crippen LogP contribution in [0.4, 0.5) is 0 Å². The minimum atomic E-state index is -0.312. The zero-order valence-corrected chi connectivity index (χ0v) is 10.3. The second-order valence-corrected chi connectivity index (χ2v) is 4.31. The number of hydrogen-bond acceptors (Lipinski definition) is 5. The summed E-state index contributed by atoms with van der Waals surface area (Å²) in [6.07, 6.45) is 3.42. The summed E-state index contributed by atoms with van der Waals surface area (Å²) in [5.74, 6) is 1.18. The van der Waals surface area contributed by atoms with E-state index < -0.39 is 0 Å². The molecule has 0 aromatic carbocycles. The lowest BCUT2D eigenvalue weighted by Gasteiger charge is -2.20. The molecular weight excluding hydrogens is 216 g/mol. The van der Waals surface area contributed by atoms with Gasteiger partial charge in [-0.25, -0.2) is 0 Å². The van der Waals surface area contributed by atoms with E-state index in [1.165, 1.54) is 0 Å². The van der Waals surface area contributed by atoms with Crippen LogP contribution in [-0.4, -0.2) is 21.7 Å². The zero-order chi connectivity index (χ0) is 12.3. The van der Waals surface area contributed by atoms with Gasteiger partial charge in [-0.3, -0.25) is 4.98 Å². The van der Waals surface area contributed by atoms with Crippen LogP contribution in [0.25, 0.3) is 11.4 Å². The topological polar surface area (TPSA) is 63.8 Å². The Balaban J connectivity index is 2.28. The Morgan fingerprint density at radius 1 is 1.29 bits per heavy atom. The molecule has 0 aliphatic rings. The molecule has 2 aromatic rings. The Bertz CT molecular complexity index is 478. The molecule has 2 aromatic heterocycles. The van der Waals surface area contributed by atoms with E-state index in [1.54, 1.807) is 12.4 Å². The summed E-state index contributed by atoms with van der Waals surface area (Å²) in [6.45, 7) is 6.92. The fraction of sp³-hybridized carbons (Fsp3) is 0.417. The van der Waals surface area contributed by atoms with Crippen molar-refractivity contribution in [2.75, 3.05) is 6.54 Å². The van der Waals surface area contributed by atoms with Crippen LogP contribution in [0.2, 0.25) is 0 Å². The molecule has 2 heterocycles. The summed E-state index contributed by atoms with van der Waals surface area (Å²) >= 11 is 0. The monoisotopic (exact) mass is 232 g/mol. The Labute approximate surface area is 100 Å². The quantitative estimate of drug-likeness (QED) is 0.873. The summed E-state index contributed by atoms with van der Waals surface area (Å²) in [7, 11) is 0. The molecular formula is C12H16N4O. The van der Waals surface area contributed by atoms with Crippen molar-refractivity contribution in [3.05, 3.63) is 30.4 Å². The normalized spacial score (nSPS) is 11.7. The van der Waals surface area contributed by atoms with E-state index >= 15 is 0 Å². The molecule has 5 heteroatoms. The molecule has 90 valence electrons. The van der Waals surface area contributed by atoms with Crippen molar-refractivity contribution in [2.24, 2.45) is 0 Å². The van der Waals surface area contributed by atoms with Crippen LogP contribution in [-0.2, 0) is 5.54 Å². The lowest BCUT2D eigenvalue weighted by atomic mass is 10.1. The number of hydrogen-bond donors (Lipinski definition) is 1. The van der Waals surface area contributed by atoms with Crippen LogP contribution >= 0.6 is 0 Å². The average molecular weight is 232 g/mol. The van der Waals surface area contributed by atoms with Crippen LogP contribution in [0.15, 0.2) is 29.0 Å². The molecule has 0 radical (unpaired) electrons. The molecule has 1 N–H and O–H groups in total. The summed E-state index contributed by atoms with van der Waals surface area (Å²) in [5, 5.41) is 7.28. The number of rotatable bonds is 4. The first-order chi connectivity index (χ1) is 8.13. The van der Waals surface area contributed by atoms with Gasteiger partial charge in [-0.1, -0.05) is 12.1 Å². The fourth-order valence-electron chi connectivity index (χ4n) is 1.61. The molecule has 0 saturated carbocycles. The van der Waals surface area contributed by atoms with Crippen LogP contribution in [0.3, 0.4) is 0 Å². The molecule has 17 heavy (non-hydrogen) atoms. The van der Waals surface area contributed by atoms with Gasteiger partial charge in [-0.05, 0) is 32.5 Å². The van der Waals surface area contributed by atoms with E-state index in [4.69, 9.17) is 4.52 Å². The van der Waals surface area contributed by atoms with Crippen molar-refractivity contribution in [3.8, 4) is 11.4 Å². The summed E-state index contributed by atoms with van der Waals surface area (Å²) in [6, 6.07) is 3.71. The summed E-state index contributed by atoms with van der Waals surface area (Å²) in [5.41, 5.74) is 0.592. The van der Waals surface area contributed by atoms with Gasteiger partial charge in [0.05, 0.1) is 5.54 Å². The molecule has 0 spiro atoms. The van der Waals surface area contributed by atoms with Crippen LogP contribution in [0.5, 0.6) is 0 Å². The molecule has 0 fully saturated rings. The maximum atomic E-state index is 5.29. The molecule has 0 bridgehead atoms. The van der Waals surface area contributed by atoms with Crippen LogP contribution in [0, 0.1) is 0 Å². The van der Waals surface area contributed by atoms with E-state index in [0.717, 1.165) is 12.1 Å². The molecule has 0 aliphatic carbocycles. The zero-order valence-electron chi connectivity index (χ0n) is 10.3. The Morgan fingerprint density at radius 2 is 2.00 bits per heavy atom. The molecule has 0 amide bonds. The van der Waals surface area contributed by atoms with Crippen LogP contribution < -0.4 is 5.32 Å². The number of pyridine rings is 1. The highest BCUT2D eigenvalue weighted by atomic mass is 16.5. The van der Waals surface area contributed by atoms with Gasteiger partial charge in [-0.2, -0.15) is 4.98 Å². The second kappa shape index (κ2) is 4.63. The lowest BCUT2D eigenvalue weighted by molar-refractivity contribution is 0.272. The van der Waals surface area contributed by atoms with Gasteiger partial charge in [-0.15, -0.1) is 0 Å². The second-order valence-electron chi connectivity index (χ2n) is 4.31. The van der Waals surface area contributed by atoms with Crippen molar-refractivity contribution in [1.82, 2.24) is 20.4 Å². The third-order valence-electron chi connectivity index (χ3n) is 2.52.